The first kappa shape index (κ1) is 14.2. The third kappa shape index (κ3) is 3.64. The molecule has 0 radical (unpaired) electrons. The van der Waals surface area contributed by atoms with Crippen LogP contribution in [0.25, 0.3) is 5.69 Å². The van der Waals surface area contributed by atoms with Crippen LogP contribution in [-0.4, -0.2) is 47.6 Å². The number of benzene rings is 1. The maximum Gasteiger partial charge on any atom is 0.253 e. The Labute approximate surface area is 116 Å². The van der Waals surface area contributed by atoms with Crippen molar-refractivity contribution < 1.29 is 13.2 Å². The standard InChI is InChI=1S/C12H14N4O3S/c1-20(18,19)7-6-14-12(17)10-4-2-3-5-11(10)16-9-13-8-15-16/h2-5,8-9H,6-7H2,1H3,(H,14,17). The van der Waals surface area contributed by atoms with Gasteiger partial charge in [-0.3, -0.25) is 4.79 Å². The van der Waals surface area contributed by atoms with Crippen molar-refractivity contribution in [2.24, 2.45) is 0 Å². The van der Waals surface area contributed by atoms with Gasteiger partial charge in [-0.25, -0.2) is 18.1 Å². The van der Waals surface area contributed by atoms with Gasteiger partial charge in [-0.1, -0.05) is 12.1 Å². The Hall–Kier alpha value is -2.22. The molecule has 106 valence electrons. The zero-order chi connectivity index (χ0) is 14.6. The number of carbonyl (C=O) groups excluding carboxylic acids is 1. The monoisotopic (exact) mass is 294 g/mol. The molecule has 20 heavy (non-hydrogen) atoms. The molecule has 0 atom stereocenters. The van der Waals surface area contributed by atoms with Crippen LogP contribution in [0.5, 0.6) is 0 Å². The van der Waals surface area contributed by atoms with Gasteiger partial charge in [0.15, 0.2) is 0 Å². The second-order valence-corrected chi connectivity index (χ2v) is 6.50. The lowest BCUT2D eigenvalue weighted by Crippen LogP contribution is -2.29. The maximum atomic E-state index is 12.1. The lowest BCUT2D eigenvalue weighted by molar-refractivity contribution is 0.0956. The molecule has 0 spiro atoms. The number of nitrogens with zero attached hydrogens (tertiary/aromatic N) is 3. The van der Waals surface area contributed by atoms with E-state index in [0.717, 1.165) is 6.26 Å². The van der Waals surface area contributed by atoms with Gasteiger partial charge in [-0.05, 0) is 12.1 Å². The van der Waals surface area contributed by atoms with Crippen LogP contribution in [0, 0.1) is 0 Å². The summed E-state index contributed by atoms with van der Waals surface area (Å²) in [4.78, 5) is 15.9. The van der Waals surface area contributed by atoms with Crippen LogP contribution < -0.4 is 5.32 Å². The van der Waals surface area contributed by atoms with E-state index < -0.39 is 9.84 Å². The summed E-state index contributed by atoms with van der Waals surface area (Å²) in [5.41, 5.74) is 0.994. The second kappa shape index (κ2) is 5.83. The van der Waals surface area contributed by atoms with Crippen molar-refractivity contribution in [2.45, 2.75) is 0 Å². The third-order valence-corrected chi connectivity index (χ3v) is 3.52. The van der Waals surface area contributed by atoms with Crippen LogP contribution in [0.4, 0.5) is 0 Å². The lowest BCUT2D eigenvalue weighted by Gasteiger charge is -2.09. The van der Waals surface area contributed by atoms with Crippen LogP contribution in [0.2, 0.25) is 0 Å². The third-order valence-electron chi connectivity index (χ3n) is 2.57. The summed E-state index contributed by atoms with van der Waals surface area (Å²) < 4.78 is 23.5. The number of aromatic nitrogens is 3. The van der Waals surface area contributed by atoms with E-state index in [4.69, 9.17) is 0 Å². The van der Waals surface area contributed by atoms with Gasteiger partial charge in [0.05, 0.1) is 17.0 Å². The van der Waals surface area contributed by atoms with E-state index in [1.807, 2.05) is 0 Å². The fourth-order valence-electron chi connectivity index (χ4n) is 1.64. The highest BCUT2D eigenvalue weighted by molar-refractivity contribution is 7.90. The molecule has 0 bridgehead atoms. The molecule has 2 rings (SSSR count). The van der Waals surface area contributed by atoms with Gasteiger partial charge in [0.25, 0.3) is 5.91 Å². The molecular formula is C12H14N4O3S. The maximum absolute atomic E-state index is 12.1. The molecule has 1 amide bonds. The van der Waals surface area contributed by atoms with Crippen molar-refractivity contribution in [1.82, 2.24) is 20.1 Å². The summed E-state index contributed by atoms with van der Waals surface area (Å²) in [6, 6.07) is 6.89. The van der Waals surface area contributed by atoms with E-state index >= 15 is 0 Å². The molecule has 0 aliphatic rings. The Bertz CT molecular complexity index is 695. The van der Waals surface area contributed by atoms with Crippen molar-refractivity contribution in [3.05, 3.63) is 42.5 Å². The van der Waals surface area contributed by atoms with Gasteiger partial charge in [0.2, 0.25) is 0 Å². The number of carbonyl (C=O) groups is 1. The molecule has 1 aromatic heterocycles. The molecule has 0 fully saturated rings. The Morgan fingerprint density at radius 3 is 2.75 bits per heavy atom. The minimum absolute atomic E-state index is 0.0728. The van der Waals surface area contributed by atoms with E-state index in [9.17, 15) is 13.2 Å². The first-order chi connectivity index (χ1) is 9.47. The van der Waals surface area contributed by atoms with E-state index in [1.165, 1.54) is 17.3 Å². The van der Waals surface area contributed by atoms with Gasteiger partial charge in [-0.15, -0.1) is 0 Å². The summed E-state index contributed by atoms with van der Waals surface area (Å²) in [6.45, 7) is 0.0728. The van der Waals surface area contributed by atoms with Crippen LogP contribution in [0.1, 0.15) is 10.4 Å². The molecule has 0 aliphatic carbocycles. The van der Waals surface area contributed by atoms with Gasteiger partial charge >= 0.3 is 0 Å². The predicted molar refractivity (Wildman–Crippen MR) is 73.4 cm³/mol. The first-order valence-electron chi connectivity index (χ1n) is 5.87. The second-order valence-electron chi connectivity index (χ2n) is 4.24. The summed E-state index contributed by atoms with van der Waals surface area (Å²) in [7, 11) is -3.10. The molecule has 7 nitrogen and oxygen atoms in total. The average molecular weight is 294 g/mol. The van der Waals surface area contributed by atoms with Crippen molar-refractivity contribution in [3.8, 4) is 5.69 Å². The minimum Gasteiger partial charge on any atom is -0.351 e. The summed E-state index contributed by atoms with van der Waals surface area (Å²) in [6.07, 6.45) is 3.99. The van der Waals surface area contributed by atoms with E-state index in [1.54, 1.807) is 24.3 Å². The predicted octanol–water partition coefficient (Wildman–Crippen LogP) is 0.0417. The molecule has 0 aliphatic heterocycles. The number of amides is 1. The topological polar surface area (TPSA) is 94.0 Å². The molecule has 1 aromatic carbocycles. The van der Waals surface area contributed by atoms with Gasteiger partial charge < -0.3 is 5.32 Å². The normalized spacial score (nSPS) is 11.2. The number of para-hydroxylation sites is 1. The molecular weight excluding hydrogens is 280 g/mol. The number of nitrogens with one attached hydrogen (secondary N) is 1. The first-order valence-corrected chi connectivity index (χ1v) is 7.93. The summed E-state index contributed by atoms with van der Waals surface area (Å²) in [5.74, 6) is -0.440. The molecule has 2 aromatic rings. The SMILES string of the molecule is CS(=O)(=O)CCNC(=O)c1ccccc1-n1cncn1. The molecule has 8 heteroatoms. The zero-order valence-electron chi connectivity index (χ0n) is 10.9. The van der Waals surface area contributed by atoms with Gasteiger partial charge in [0, 0.05) is 12.8 Å². The summed E-state index contributed by atoms with van der Waals surface area (Å²) in [5, 5.41) is 6.56. The fourth-order valence-corrected chi connectivity index (χ4v) is 2.12. The van der Waals surface area contributed by atoms with Gasteiger partial charge in [0.1, 0.15) is 22.5 Å². The zero-order valence-corrected chi connectivity index (χ0v) is 11.7. The summed E-state index contributed by atoms with van der Waals surface area (Å²) >= 11 is 0. The van der Waals surface area contributed by atoms with E-state index in [2.05, 4.69) is 15.4 Å². The Kier molecular flexibility index (Phi) is 4.14. The van der Waals surface area contributed by atoms with E-state index in [0.29, 0.717) is 11.3 Å². The van der Waals surface area contributed by atoms with Crippen molar-refractivity contribution in [3.63, 3.8) is 0 Å². The Morgan fingerprint density at radius 2 is 2.10 bits per heavy atom. The van der Waals surface area contributed by atoms with Crippen molar-refractivity contribution in [1.29, 1.82) is 0 Å². The Balaban J connectivity index is 2.15. The Morgan fingerprint density at radius 1 is 1.35 bits per heavy atom. The highest BCUT2D eigenvalue weighted by Gasteiger charge is 2.13. The minimum atomic E-state index is -3.10. The number of rotatable bonds is 5. The fraction of sp³-hybridized carbons (Fsp3) is 0.250. The van der Waals surface area contributed by atoms with Crippen LogP contribution in [0.15, 0.2) is 36.9 Å². The molecule has 0 saturated heterocycles. The van der Waals surface area contributed by atoms with Crippen molar-refractivity contribution in [2.75, 3.05) is 18.6 Å². The highest BCUT2D eigenvalue weighted by Crippen LogP contribution is 2.12. The number of hydrogen-bond acceptors (Lipinski definition) is 5. The molecule has 1 heterocycles. The number of hydrogen-bond donors (Lipinski definition) is 1. The number of sulfone groups is 1. The largest absolute Gasteiger partial charge is 0.351 e. The molecule has 0 saturated carbocycles. The van der Waals surface area contributed by atoms with Gasteiger partial charge in [-0.2, -0.15) is 5.10 Å². The quantitative estimate of drug-likeness (QED) is 0.840. The van der Waals surface area contributed by atoms with E-state index in [-0.39, 0.29) is 18.2 Å². The molecule has 0 unspecified atom stereocenters. The van der Waals surface area contributed by atoms with Crippen molar-refractivity contribution >= 4 is 15.7 Å². The smallest absolute Gasteiger partial charge is 0.253 e. The lowest BCUT2D eigenvalue weighted by atomic mass is 10.1. The highest BCUT2D eigenvalue weighted by atomic mass is 32.2. The molecule has 1 N–H and O–H groups in total. The van der Waals surface area contributed by atoms with Crippen LogP contribution >= 0.6 is 0 Å². The van der Waals surface area contributed by atoms with Crippen LogP contribution in [-0.2, 0) is 9.84 Å². The van der Waals surface area contributed by atoms with Crippen LogP contribution in [0.3, 0.4) is 0 Å². The average Bonchev–Trinajstić information content (AvgIpc) is 2.91.